The molecule has 0 radical (unpaired) electrons. The molecule has 41 heavy (non-hydrogen) atoms. The lowest BCUT2D eigenvalue weighted by Gasteiger charge is -2.44. The fourth-order valence-corrected chi connectivity index (χ4v) is 4.85. The number of carbonyl (C=O) groups excluding carboxylic acids is 4. The summed E-state index contributed by atoms with van der Waals surface area (Å²) in [7, 11) is 0. The number of rotatable bonds is 10. The predicted octanol–water partition coefficient (Wildman–Crippen LogP) is 4.93. The molecule has 7 heteroatoms. The maximum Gasteiger partial charge on any atom is 0.338 e. The van der Waals surface area contributed by atoms with E-state index in [2.05, 4.69) is 0 Å². The van der Waals surface area contributed by atoms with Crippen LogP contribution in [0.15, 0.2) is 115 Å². The first-order valence-electron chi connectivity index (χ1n) is 13.4. The lowest BCUT2D eigenvalue weighted by Crippen LogP contribution is -2.67. The van der Waals surface area contributed by atoms with Gasteiger partial charge in [0.1, 0.15) is 19.3 Å². The number of likely N-dealkylation sites (tertiary alicyclic amines) is 1. The van der Waals surface area contributed by atoms with Gasteiger partial charge in [0.25, 0.3) is 0 Å². The van der Waals surface area contributed by atoms with Crippen molar-refractivity contribution in [2.75, 3.05) is 0 Å². The highest BCUT2D eigenvalue weighted by atomic mass is 16.5. The van der Waals surface area contributed by atoms with Gasteiger partial charge in [-0.05, 0) is 40.8 Å². The molecule has 206 valence electrons. The topological polar surface area (TPSA) is 90.0 Å². The quantitative estimate of drug-likeness (QED) is 0.207. The van der Waals surface area contributed by atoms with Crippen molar-refractivity contribution >= 4 is 23.8 Å². The van der Waals surface area contributed by atoms with Gasteiger partial charge in [0.05, 0.1) is 17.9 Å². The van der Waals surface area contributed by atoms with E-state index in [0.717, 1.165) is 21.6 Å². The summed E-state index contributed by atoms with van der Waals surface area (Å²) in [6, 6.07) is 33.4. The van der Waals surface area contributed by atoms with E-state index < -0.39 is 35.7 Å². The zero-order valence-corrected chi connectivity index (χ0v) is 22.3. The Morgan fingerprint density at radius 1 is 0.634 bits per heavy atom. The van der Waals surface area contributed by atoms with Crippen LogP contribution in [-0.4, -0.2) is 34.7 Å². The SMILES string of the molecule is O=C(OCc1ccccc1)c1cccc(CC(=O)N2C(=O)[C@@H](Cc3ccccc3)[C@H]2C(=O)OCc2ccccc2)c1. The molecule has 5 rings (SSSR count). The van der Waals surface area contributed by atoms with E-state index in [0.29, 0.717) is 17.5 Å². The summed E-state index contributed by atoms with van der Waals surface area (Å²) in [6.07, 6.45) is 0.156. The largest absolute Gasteiger partial charge is 0.459 e. The first-order valence-corrected chi connectivity index (χ1v) is 13.4. The van der Waals surface area contributed by atoms with E-state index in [1.807, 2.05) is 91.0 Å². The molecule has 0 N–H and O–H groups in total. The third-order valence-electron chi connectivity index (χ3n) is 6.98. The van der Waals surface area contributed by atoms with Gasteiger partial charge in [-0.3, -0.25) is 14.5 Å². The molecule has 0 saturated carbocycles. The van der Waals surface area contributed by atoms with Gasteiger partial charge in [-0.2, -0.15) is 0 Å². The van der Waals surface area contributed by atoms with Crippen molar-refractivity contribution < 1.29 is 28.7 Å². The monoisotopic (exact) mass is 547 g/mol. The smallest absolute Gasteiger partial charge is 0.338 e. The van der Waals surface area contributed by atoms with Crippen LogP contribution in [0.4, 0.5) is 0 Å². The molecule has 1 heterocycles. The van der Waals surface area contributed by atoms with Crippen molar-refractivity contribution in [3.05, 3.63) is 143 Å². The van der Waals surface area contributed by atoms with Gasteiger partial charge in [0.15, 0.2) is 0 Å². The highest BCUT2D eigenvalue weighted by Gasteiger charge is 2.54. The van der Waals surface area contributed by atoms with Crippen molar-refractivity contribution in [1.29, 1.82) is 0 Å². The second-order valence-electron chi connectivity index (χ2n) is 9.88. The Hall–Kier alpha value is -5.04. The summed E-state index contributed by atoms with van der Waals surface area (Å²) >= 11 is 0. The van der Waals surface area contributed by atoms with Gasteiger partial charge < -0.3 is 9.47 Å². The Kier molecular flexibility index (Phi) is 8.64. The average Bonchev–Trinajstić information content (AvgIpc) is 3.01. The predicted molar refractivity (Wildman–Crippen MR) is 151 cm³/mol. The number of β-lactam (4-membered cyclic amide) rings is 1. The molecule has 1 fully saturated rings. The van der Waals surface area contributed by atoms with Crippen LogP contribution >= 0.6 is 0 Å². The second kappa shape index (κ2) is 12.9. The van der Waals surface area contributed by atoms with Crippen molar-refractivity contribution in [3.63, 3.8) is 0 Å². The highest BCUT2D eigenvalue weighted by molar-refractivity contribution is 6.08. The fourth-order valence-electron chi connectivity index (χ4n) is 4.85. The number of hydrogen-bond acceptors (Lipinski definition) is 6. The molecular formula is C34H29NO6. The van der Waals surface area contributed by atoms with Crippen LogP contribution in [0.5, 0.6) is 0 Å². The van der Waals surface area contributed by atoms with E-state index in [1.165, 1.54) is 0 Å². The Bertz CT molecular complexity index is 1520. The third kappa shape index (κ3) is 6.76. The molecular weight excluding hydrogens is 518 g/mol. The number of carbonyl (C=O) groups is 4. The summed E-state index contributed by atoms with van der Waals surface area (Å²) in [5.41, 5.74) is 3.38. The molecule has 4 aromatic carbocycles. The number of benzene rings is 4. The van der Waals surface area contributed by atoms with Crippen molar-refractivity contribution in [1.82, 2.24) is 4.90 Å². The van der Waals surface area contributed by atoms with Gasteiger partial charge in [0.2, 0.25) is 11.8 Å². The number of hydrogen-bond donors (Lipinski definition) is 0. The molecule has 0 bridgehead atoms. The van der Waals surface area contributed by atoms with Crippen LogP contribution < -0.4 is 0 Å². The molecule has 1 aliphatic heterocycles. The first kappa shape index (κ1) is 27.5. The lowest BCUT2D eigenvalue weighted by atomic mass is 9.81. The molecule has 0 unspecified atom stereocenters. The van der Waals surface area contributed by atoms with Gasteiger partial charge >= 0.3 is 11.9 Å². The molecule has 7 nitrogen and oxygen atoms in total. The standard InChI is InChI=1S/C34H29NO6/c36-30(21-27-17-10-18-28(19-27)33(38)40-22-25-13-6-2-7-14-25)35-31(34(39)41-23-26-15-8-3-9-16-26)29(32(35)37)20-24-11-4-1-5-12-24/h1-19,29,31H,20-23H2/t29-,31-/m0/s1. The van der Waals surface area contributed by atoms with Gasteiger partial charge in [-0.15, -0.1) is 0 Å². The van der Waals surface area contributed by atoms with Gasteiger partial charge in [-0.25, -0.2) is 9.59 Å². The van der Waals surface area contributed by atoms with Crippen LogP contribution in [-0.2, 0) is 49.9 Å². The summed E-state index contributed by atoms with van der Waals surface area (Å²) in [6.45, 7) is 0.165. The van der Waals surface area contributed by atoms with Crippen LogP contribution in [0.2, 0.25) is 0 Å². The van der Waals surface area contributed by atoms with E-state index in [4.69, 9.17) is 9.47 Å². The molecule has 4 aromatic rings. The molecule has 1 saturated heterocycles. The minimum Gasteiger partial charge on any atom is -0.459 e. The van der Waals surface area contributed by atoms with Crippen molar-refractivity contribution in [2.45, 2.75) is 32.1 Å². The second-order valence-corrected chi connectivity index (χ2v) is 9.88. The van der Waals surface area contributed by atoms with Crippen LogP contribution in [0.3, 0.4) is 0 Å². The minimum atomic E-state index is -1.03. The van der Waals surface area contributed by atoms with E-state index in [9.17, 15) is 19.2 Å². The first-order chi connectivity index (χ1) is 20.0. The molecule has 1 aliphatic rings. The van der Waals surface area contributed by atoms with E-state index >= 15 is 0 Å². The van der Waals surface area contributed by atoms with E-state index in [1.54, 1.807) is 24.3 Å². The Morgan fingerprint density at radius 2 is 1.17 bits per heavy atom. The maximum atomic E-state index is 13.4. The summed E-state index contributed by atoms with van der Waals surface area (Å²) in [5.74, 6) is -2.80. The fraction of sp³-hybridized carbons (Fsp3) is 0.176. The zero-order valence-electron chi connectivity index (χ0n) is 22.3. The number of nitrogens with zero attached hydrogens (tertiary/aromatic N) is 1. The molecule has 0 aromatic heterocycles. The molecule has 0 aliphatic carbocycles. The molecule has 2 atom stereocenters. The maximum absolute atomic E-state index is 13.4. The van der Waals surface area contributed by atoms with Gasteiger partial charge in [-0.1, -0.05) is 103 Å². The highest BCUT2D eigenvalue weighted by Crippen LogP contribution is 2.32. The molecule has 2 amide bonds. The van der Waals surface area contributed by atoms with Crippen molar-refractivity contribution in [3.8, 4) is 0 Å². The van der Waals surface area contributed by atoms with Gasteiger partial charge in [0, 0.05) is 0 Å². The average molecular weight is 548 g/mol. The number of esters is 2. The number of amides is 2. The lowest BCUT2D eigenvalue weighted by molar-refractivity contribution is -0.180. The normalized spacial score (nSPS) is 16.0. The minimum absolute atomic E-state index is 0.0393. The number of ether oxygens (including phenoxy) is 2. The number of imide groups is 1. The summed E-state index contributed by atoms with van der Waals surface area (Å²) in [4.78, 5) is 53.4. The third-order valence-corrected chi connectivity index (χ3v) is 6.98. The Morgan fingerprint density at radius 3 is 1.78 bits per heavy atom. The van der Waals surface area contributed by atoms with Crippen LogP contribution in [0.1, 0.15) is 32.6 Å². The Labute approximate surface area is 238 Å². The molecule has 0 spiro atoms. The van der Waals surface area contributed by atoms with Crippen LogP contribution in [0.25, 0.3) is 0 Å². The zero-order chi connectivity index (χ0) is 28.6. The Balaban J connectivity index is 1.27. The van der Waals surface area contributed by atoms with Crippen molar-refractivity contribution in [2.24, 2.45) is 5.92 Å². The summed E-state index contributed by atoms with van der Waals surface area (Å²) in [5, 5.41) is 0. The summed E-state index contributed by atoms with van der Waals surface area (Å²) < 4.78 is 11.0. The van der Waals surface area contributed by atoms with Crippen LogP contribution in [0, 0.1) is 5.92 Å². The van der Waals surface area contributed by atoms with E-state index in [-0.39, 0.29) is 19.6 Å².